The monoisotopic (exact) mass is 258 g/mol. The van der Waals surface area contributed by atoms with Crippen LogP contribution in [0, 0.1) is 11.3 Å². The second kappa shape index (κ2) is 6.38. The van der Waals surface area contributed by atoms with Crippen LogP contribution in [-0.4, -0.2) is 23.9 Å². The van der Waals surface area contributed by atoms with E-state index in [9.17, 15) is 4.79 Å². The molecule has 0 unspecified atom stereocenters. The Morgan fingerprint density at radius 3 is 2.47 bits per heavy atom. The summed E-state index contributed by atoms with van der Waals surface area (Å²) in [5.74, 6) is 0.0802. The van der Waals surface area contributed by atoms with Crippen molar-refractivity contribution >= 4 is 5.91 Å². The fourth-order valence-corrected chi connectivity index (χ4v) is 2.01. The average molecular weight is 258 g/mol. The van der Waals surface area contributed by atoms with Crippen molar-refractivity contribution in [3.05, 3.63) is 35.9 Å². The van der Waals surface area contributed by atoms with Gasteiger partial charge in [0.25, 0.3) is 0 Å². The van der Waals surface area contributed by atoms with Crippen LogP contribution >= 0.6 is 0 Å². The highest BCUT2D eigenvalue weighted by molar-refractivity contribution is 5.77. The molecule has 1 amide bonds. The Balaban J connectivity index is 2.74. The van der Waals surface area contributed by atoms with Crippen molar-refractivity contribution < 1.29 is 4.79 Å². The Labute approximate surface area is 115 Å². The zero-order valence-corrected chi connectivity index (χ0v) is 12.2. The summed E-state index contributed by atoms with van der Waals surface area (Å²) in [4.78, 5) is 13.9. The number of hydrogen-bond acceptors (Lipinski definition) is 2. The van der Waals surface area contributed by atoms with Gasteiger partial charge in [0, 0.05) is 19.5 Å². The van der Waals surface area contributed by atoms with Gasteiger partial charge in [-0.15, -0.1) is 0 Å². The van der Waals surface area contributed by atoms with Crippen LogP contribution in [0.15, 0.2) is 30.3 Å². The lowest BCUT2D eigenvalue weighted by Crippen LogP contribution is -2.38. The lowest BCUT2D eigenvalue weighted by Gasteiger charge is -2.30. The van der Waals surface area contributed by atoms with Crippen molar-refractivity contribution in [3.63, 3.8) is 0 Å². The van der Waals surface area contributed by atoms with Crippen LogP contribution < -0.4 is 0 Å². The van der Waals surface area contributed by atoms with Gasteiger partial charge in [-0.1, -0.05) is 44.2 Å². The Morgan fingerprint density at radius 2 is 1.95 bits per heavy atom. The predicted octanol–water partition coefficient (Wildman–Crippen LogP) is 3.11. The minimum Gasteiger partial charge on any atom is -0.342 e. The quantitative estimate of drug-likeness (QED) is 0.814. The SMILES string of the molecule is C[C@H](CC#N)N(C)C(=O)CC(C)(C)c1ccccc1. The highest BCUT2D eigenvalue weighted by Crippen LogP contribution is 2.27. The number of nitriles is 1. The van der Waals surface area contributed by atoms with Gasteiger partial charge >= 0.3 is 0 Å². The van der Waals surface area contributed by atoms with Crippen LogP contribution in [0.3, 0.4) is 0 Å². The Morgan fingerprint density at radius 1 is 1.37 bits per heavy atom. The molecule has 0 radical (unpaired) electrons. The number of rotatable bonds is 5. The minimum atomic E-state index is -0.195. The summed E-state index contributed by atoms with van der Waals surface area (Å²) in [7, 11) is 1.77. The Hall–Kier alpha value is -1.82. The van der Waals surface area contributed by atoms with Gasteiger partial charge in [-0.3, -0.25) is 4.79 Å². The molecule has 0 fully saturated rings. The van der Waals surface area contributed by atoms with Gasteiger partial charge in [-0.25, -0.2) is 0 Å². The minimum absolute atomic E-state index is 0.0379. The van der Waals surface area contributed by atoms with Crippen LogP contribution in [-0.2, 0) is 10.2 Å². The highest BCUT2D eigenvalue weighted by Gasteiger charge is 2.27. The topological polar surface area (TPSA) is 44.1 Å². The molecule has 0 heterocycles. The zero-order chi connectivity index (χ0) is 14.5. The van der Waals surface area contributed by atoms with Crippen LogP contribution in [0.5, 0.6) is 0 Å². The average Bonchev–Trinajstić information content (AvgIpc) is 2.38. The number of hydrogen-bond donors (Lipinski definition) is 0. The Bertz CT molecular complexity index is 459. The summed E-state index contributed by atoms with van der Waals surface area (Å²) in [5, 5.41) is 8.69. The van der Waals surface area contributed by atoms with Gasteiger partial charge in [0.1, 0.15) is 0 Å². The summed E-state index contributed by atoms with van der Waals surface area (Å²) in [6.07, 6.45) is 0.817. The van der Waals surface area contributed by atoms with Gasteiger partial charge in [-0.05, 0) is 17.9 Å². The maximum Gasteiger partial charge on any atom is 0.223 e. The first kappa shape index (κ1) is 15.2. The third kappa shape index (κ3) is 4.10. The lowest BCUT2D eigenvalue weighted by molar-refractivity contribution is -0.132. The van der Waals surface area contributed by atoms with Gasteiger partial charge in [-0.2, -0.15) is 5.26 Å². The number of amides is 1. The summed E-state index contributed by atoms with van der Waals surface area (Å²) < 4.78 is 0. The maximum atomic E-state index is 12.3. The molecule has 0 N–H and O–H groups in total. The normalized spacial score (nSPS) is 12.6. The zero-order valence-electron chi connectivity index (χ0n) is 12.2. The molecular weight excluding hydrogens is 236 g/mol. The fourth-order valence-electron chi connectivity index (χ4n) is 2.01. The molecule has 1 rings (SSSR count). The molecule has 0 aliphatic heterocycles. The highest BCUT2D eigenvalue weighted by atomic mass is 16.2. The summed E-state index contributed by atoms with van der Waals surface area (Å²) in [6, 6.07) is 12.1. The molecule has 0 spiro atoms. The molecule has 1 aromatic rings. The van der Waals surface area contributed by atoms with E-state index in [2.05, 4.69) is 19.9 Å². The molecule has 1 aromatic carbocycles. The molecule has 0 aliphatic carbocycles. The molecule has 3 heteroatoms. The van der Waals surface area contributed by atoms with Crippen molar-refractivity contribution in [2.24, 2.45) is 0 Å². The van der Waals surface area contributed by atoms with Crippen molar-refractivity contribution in [2.75, 3.05) is 7.05 Å². The van der Waals surface area contributed by atoms with Crippen molar-refractivity contribution in [1.29, 1.82) is 5.26 Å². The lowest BCUT2D eigenvalue weighted by atomic mass is 9.81. The molecule has 0 aromatic heterocycles. The summed E-state index contributed by atoms with van der Waals surface area (Å²) in [6.45, 7) is 6.04. The van der Waals surface area contributed by atoms with Crippen molar-refractivity contribution in [3.8, 4) is 6.07 Å². The van der Waals surface area contributed by atoms with Crippen molar-refractivity contribution in [1.82, 2.24) is 4.90 Å². The third-order valence-electron chi connectivity index (χ3n) is 3.59. The summed E-state index contributed by atoms with van der Waals surface area (Å²) >= 11 is 0. The van der Waals surface area contributed by atoms with E-state index >= 15 is 0 Å². The van der Waals surface area contributed by atoms with Crippen LogP contribution in [0.1, 0.15) is 39.2 Å². The summed E-state index contributed by atoms with van der Waals surface area (Å²) in [5.41, 5.74) is 0.962. The van der Waals surface area contributed by atoms with E-state index in [1.165, 1.54) is 0 Å². The van der Waals surface area contributed by atoms with Gasteiger partial charge < -0.3 is 4.90 Å². The molecule has 0 bridgehead atoms. The second-order valence-electron chi connectivity index (χ2n) is 5.64. The molecular formula is C16H22N2O. The number of carbonyl (C=O) groups excluding carboxylic acids is 1. The van der Waals surface area contributed by atoms with E-state index in [0.29, 0.717) is 12.8 Å². The standard InChI is InChI=1S/C16H22N2O/c1-13(10-11-17)18(4)15(19)12-16(2,3)14-8-6-5-7-9-14/h5-9,13H,10,12H2,1-4H3/t13-/m1/s1. The van der Waals surface area contributed by atoms with Crippen LogP contribution in [0.4, 0.5) is 0 Å². The first-order valence-corrected chi connectivity index (χ1v) is 6.56. The van der Waals surface area contributed by atoms with E-state index in [-0.39, 0.29) is 17.4 Å². The molecule has 19 heavy (non-hydrogen) atoms. The predicted molar refractivity (Wildman–Crippen MR) is 76.5 cm³/mol. The molecule has 0 saturated carbocycles. The number of benzene rings is 1. The van der Waals surface area contributed by atoms with Gasteiger partial charge in [0.2, 0.25) is 5.91 Å². The Kier molecular flexibility index (Phi) is 5.11. The van der Waals surface area contributed by atoms with Crippen molar-refractivity contribution in [2.45, 2.75) is 45.1 Å². The molecule has 0 aliphatic rings. The molecule has 0 saturated heterocycles. The molecule has 102 valence electrons. The fraction of sp³-hybridized carbons (Fsp3) is 0.500. The van der Waals surface area contributed by atoms with E-state index in [1.54, 1.807) is 11.9 Å². The first-order valence-electron chi connectivity index (χ1n) is 6.56. The number of carbonyl (C=O) groups is 1. The smallest absolute Gasteiger partial charge is 0.223 e. The van der Waals surface area contributed by atoms with Gasteiger partial charge in [0.05, 0.1) is 12.5 Å². The maximum absolute atomic E-state index is 12.3. The first-order chi connectivity index (χ1) is 8.88. The van der Waals surface area contributed by atoms with Gasteiger partial charge in [0.15, 0.2) is 0 Å². The molecule has 1 atom stereocenters. The van der Waals surface area contributed by atoms with E-state index in [0.717, 1.165) is 5.56 Å². The van der Waals surface area contributed by atoms with E-state index in [1.807, 2.05) is 37.3 Å². The number of nitrogens with zero attached hydrogens (tertiary/aromatic N) is 2. The van der Waals surface area contributed by atoms with Crippen LogP contribution in [0.2, 0.25) is 0 Å². The van der Waals surface area contributed by atoms with E-state index < -0.39 is 0 Å². The molecule has 3 nitrogen and oxygen atoms in total. The van der Waals surface area contributed by atoms with Crippen LogP contribution in [0.25, 0.3) is 0 Å². The third-order valence-corrected chi connectivity index (χ3v) is 3.59. The van der Waals surface area contributed by atoms with E-state index in [4.69, 9.17) is 5.26 Å². The second-order valence-corrected chi connectivity index (χ2v) is 5.64. The largest absolute Gasteiger partial charge is 0.342 e.